The fourth-order valence-corrected chi connectivity index (χ4v) is 2.85. The molecule has 0 spiro atoms. The third-order valence-electron chi connectivity index (χ3n) is 2.52. The maximum absolute atomic E-state index is 11.9. The van der Waals surface area contributed by atoms with Gasteiger partial charge in [-0.2, -0.15) is 0 Å². The van der Waals surface area contributed by atoms with Crippen molar-refractivity contribution in [1.29, 1.82) is 0 Å². The molecular weight excluding hydrogens is 214 g/mol. The molecule has 1 aromatic rings. The van der Waals surface area contributed by atoms with E-state index in [1.54, 1.807) is 11.4 Å². The summed E-state index contributed by atoms with van der Waals surface area (Å²) in [6.07, 6.45) is 0. The lowest BCUT2D eigenvalue weighted by molar-refractivity contribution is 0.672. The van der Waals surface area contributed by atoms with Crippen molar-refractivity contribution >= 4 is 16.9 Å². The molecule has 0 amide bonds. The molecule has 0 aliphatic carbocycles. The first-order valence-corrected chi connectivity index (χ1v) is 5.91. The highest BCUT2D eigenvalue weighted by molar-refractivity contribution is 7.86. The van der Waals surface area contributed by atoms with Crippen molar-refractivity contribution in [3.05, 3.63) is 11.1 Å². The van der Waals surface area contributed by atoms with Gasteiger partial charge in [0.2, 0.25) is 0 Å². The standard InChI is InChI=1S/C8H13N5OS/c1-6-4-13(15(14)5-7(6)2)8-9-10-11-12(8)3/h4-5H2,1-3H3. The van der Waals surface area contributed by atoms with Crippen LogP contribution in [-0.4, -0.2) is 36.7 Å². The lowest BCUT2D eigenvalue weighted by Gasteiger charge is -2.26. The van der Waals surface area contributed by atoms with Crippen molar-refractivity contribution in [2.24, 2.45) is 7.05 Å². The minimum absolute atomic E-state index is 0.556. The van der Waals surface area contributed by atoms with Crippen molar-refractivity contribution in [3.63, 3.8) is 0 Å². The Balaban J connectivity index is 2.33. The van der Waals surface area contributed by atoms with Crippen LogP contribution in [0.4, 0.5) is 5.95 Å². The summed E-state index contributed by atoms with van der Waals surface area (Å²) >= 11 is 0. The Morgan fingerprint density at radius 2 is 2.07 bits per heavy atom. The van der Waals surface area contributed by atoms with E-state index in [-0.39, 0.29) is 0 Å². The zero-order chi connectivity index (χ0) is 11.0. The van der Waals surface area contributed by atoms with E-state index in [0.717, 1.165) is 0 Å². The molecule has 1 aliphatic heterocycles. The van der Waals surface area contributed by atoms with Gasteiger partial charge in [0.1, 0.15) is 11.0 Å². The Morgan fingerprint density at radius 1 is 1.33 bits per heavy atom. The fraction of sp³-hybridized carbons (Fsp3) is 0.625. The number of rotatable bonds is 1. The van der Waals surface area contributed by atoms with Crippen LogP contribution in [0.2, 0.25) is 0 Å². The van der Waals surface area contributed by atoms with Crippen molar-refractivity contribution in [3.8, 4) is 0 Å². The van der Waals surface area contributed by atoms with Crippen molar-refractivity contribution < 1.29 is 4.21 Å². The van der Waals surface area contributed by atoms with Crippen molar-refractivity contribution in [2.75, 3.05) is 16.6 Å². The second kappa shape index (κ2) is 3.73. The maximum atomic E-state index is 11.9. The van der Waals surface area contributed by atoms with Crippen molar-refractivity contribution in [2.45, 2.75) is 13.8 Å². The molecule has 0 aromatic carbocycles. The van der Waals surface area contributed by atoms with E-state index in [9.17, 15) is 4.21 Å². The molecule has 2 rings (SSSR count). The van der Waals surface area contributed by atoms with Crippen LogP contribution in [0.5, 0.6) is 0 Å². The lowest BCUT2D eigenvalue weighted by Crippen LogP contribution is -2.35. The van der Waals surface area contributed by atoms with E-state index >= 15 is 0 Å². The summed E-state index contributed by atoms with van der Waals surface area (Å²) in [6, 6.07) is 0. The van der Waals surface area contributed by atoms with Crippen LogP contribution >= 0.6 is 0 Å². The van der Waals surface area contributed by atoms with Gasteiger partial charge < -0.3 is 0 Å². The van der Waals surface area contributed by atoms with Crippen LogP contribution in [0.25, 0.3) is 0 Å². The quantitative estimate of drug-likeness (QED) is 0.635. The zero-order valence-corrected chi connectivity index (χ0v) is 9.78. The molecule has 7 heteroatoms. The van der Waals surface area contributed by atoms with Gasteiger partial charge in [-0.25, -0.2) is 8.89 Å². The van der Waals surface area contributed by atoms with Gasteiger partial charge in [0.15, 0.2) is 0 Å². The molecule has 1 atom stereocenters. The van der Waals surface area contributed by atoms with E-state index in [0.29, 0.717) is 18.2 Å². The van der Waals surface area contributed by atoms with E-state index in [1.807, 2.05) is 13.8 Å². The summed E-state index contributed by atoms with van der Waals surface area (Å²) in [7, 11) is 0.687. The average molecular weight is 227 g/mol. The maximum Gasteiger partial charge on any atom is 0.257 e. The van der Waals surface area contributed by atoms with Crippen molar-refractivity contribution in [1.82, 2.24) is 20.2 Å². The van der Waals surface area contributed by atoms with Crippen LogP contribution in [0.1, 0.15) is 13.8 Å². The van der Waals surface area contributed by atoms with Gasteiger partial charge in [0, 0.05) is 7.05 Å². The monoisotopic (exact) mass is 227 g/mol. The zero-order valence-electron chi connectivity index (χ0n) is 8.97. The number of tetrazole rings is 1. The first-order valence-electron chi connectivity index (χ1n) is 4.63. The van der Waals surface area contributed by atoms with E-state index < -0.39 is 11.0 Å². The molecule has 6 nitrogen and oxygen atoms in total. The molecule has 0 saturated heterocycles. The highest BCUT2D eigenvalue weighted by Crippen LogP contribution is 2.20. The molecule has 0 bridgehead atoms. The molecule has 0 fully saturated rings. The smallest absolute Gasteiger partial charge is 0.254 e. The largest absolute Gasteiger partial charge is 0.257 e. The summed E-state index contributed by atoms with van der Waals surface area (Å²) in [5, 5.41) is 11.1. The Hall–Kier alpha value is -1.24. The number of aryl methyl sites for hydroxylation is 1. The molecule has 0 N–H and O–H groups in total. The highest BCUT2D eigenvalue weighted by atomic mass is 32.2. The molecule has 1 unspecified atom stereocenters. The van der Waals surface area contributed by atoms with Crippen LogP contribution in [0.3, 0.4) is 0 Å². The Bertz CT molecular complexity index is 438. The van der Waals surface area contributed by atoms with Gasteiger partial charge in [-0.3, -0.25) is 4.31 Å². The summed E-state index contributed by atoms with van der Waals surface area (Å²) in [5.74, 6) is 1.12. The molecule has 2 heterocycles. The van der Waals surface area contributed by atoms with Gasteiger partial charge in [-0.05, 0) is 24.3 Å². The van der Waals surface area contributed by atoms with E-state index in [1.165, 1.54) is 15.8 Å². The number of hydrogen-bond acceptors (Lipinski definition) is 4. The number of anilines is 1. The highest BCUT2D eigenvalue weighted by Gasteiger charge is 2.24. The predicted octanol–water partition coefficient (Wildman–Crippen LogP) is 0.0302. The molecule has 0 saturated carbocycles. The number of aromatic nitrogens is 4. The minimum Gasteiger partial charge on any atom is -0.254 e. The second-order valence-electron chi connectivity index (χ2n) is 3.67. The molecular formula is C8H13N5OS. The fourth-order valence-electron chi connectivity index (χ4n) is 1.41. The summed E-state index contributed by atoms with van der Waals surface area (Å²) in [4.78, 5) is 0. The lowest BCUT2D eigenvalue weighted by atomic mass is 10.2. The van der Waals surface area contributed by atoms with Gasteiger partial charge >= 0.3 is 0 Å². The predicted molar refractivity (Wildman–Crippen MR) is 57.5 cm³/mol. The average Bonchev–Trinajstić information content (AvgIpc) is 2.58. The minimum atomic E-state index is -1.06. The molecule has 1 aliphatic rings. The van der Waals surface area contributed by atoms with Gasteiger partial charge in [-0.15, -0.1) is 0 Å². The molecule has 82 valence electrons. The number of hydrogen-bond donors (Lipinski definition) is 0. The first-order chi connectivity index (χ1) is 7.09. The van der Waals surface area contributed by atoms with Gasteiger partial charge in [-0.1, -0.05) is 16.2 Å². The van der Waals surface area contributed by atoms with Crippen LogP contribution in [-0.2, 0) is 18.0 Å². The first kappa shape index (κ1) is 10.3. The van der Waals surface area contributed by atoms with E-state index in [2.05, 4.69) is 15.5 Å². The second-order valence-corrected chi connectivity index (χ2v) is 5.04. The Kier molecular flexibility index (Phi) is 2.56. The molecule has 1 aromatic heterocycles. The van der Waals surface area contributed by atoms with Crippen LogP contribution in [0.15, 0.2) is 11.1 Å². The summed E-state index contributed by atoms with van der Waals surface area (Å²) in [6.45, 7) is 4.69. The Labute approximate surface area is 90.5 Å². The normalized spacial score (nSPS) is 22.3. The van der Waals surface area contributed by atoms with Crippen LogP contribution < -0.4 is 4.31 Å². The molecule has 15 heavy (non-hydrogen) atoms. The SMILES string of the molecule is CC1=C(C)CS(=O)N(c2nnnn2C)C1. The third-order valence-corrected chi connectivity index (χ3v) is 3.98. The molecule has 0 radical (unpaired) electrons. The summed E-state index contributed by atoms with van der Waals surface area (Å²) < 4.78 is 15.2. The number of nitrogens with zero attached hydrogens (tertiary/aromatic N) is 5. The van der Waals surface area contributed by atoms with E-state index in [4.69, 9.17) is 0 Å². The van der Waals surface area contributed by atoms with Crippen LogP contribution in [0, 0.1) is 0 Å². The third kappa shape index (κ3) is 1.79. The van der Waals surface area contributed by atoms with Gasteiger partial charge in [0.05, 0.1) is 12.3 Å². The Morgan fingerprint density at radius 3 is 2.67 bits per heavy atom. The van der Waals surface area contributed by atoms with Gasteiger partial charge in [0.25, 0.3) is 5.95 Å². The summed E-state index contributed by atoms with van der Waals surface area (Å²) in [5.41, 5.74) is 2.43. The topological polar surface area (TPSA) is 63.9 Å².